The first-order valence-electron chi connectivity index (χ1n) is 6.50. The maximum absolute atomic E-state index is 12.0. The van der Waals surface area contributed by atoms with Crippen molar-refractivity contribution < 1.29 is 14.6 Å². The van der Waals surface area contributed by atoms with Crippen LogP contribution in [-0.2, 0) is 9.53 Å². The molecule has 98 valence electrons. The maximum Gasteiger partial charge on any atom is 0.222 e. The van der Waals surface area contributed by atoms with E-state index in [1.54, 1.807) is 0 Å². The number of nitrogens with zero attached hydrogens (tertiary/aromatic N) is 1. The predicted molar refractivity (Wildman–Crippen MR) is 63.6 cm³/mol. The lowest BCUT2D eigenvalue weighted by Gasteiger charge is -2.32. The Labute approximate surface area is 102 Å². The molecule has 2 fully saturated rings. The van der Waals surface area contributed by atoms with E-state index < -0.39 is 0 Å². The van der Waals surface area contributed by atoms with Gasteiger partial charge in [-0.1, -0.05) is 0 Å². The van der Waals surface area contributed by atoms with Gasteiger partial charge in [-0.3, -0.25) is 4.79 Å². The number of carbonyl (C=O) groups excluding carboxylic acids is 1. The molecule has 2 N–H and O–H groups in total. The predicted octanol–water partition coefficient (Wildman–Crippen LogP) is -0.404. The molecule has 2 aliphatic rings. The average Bonchev–Trinajstić information content (AvgIpc) is 2.89. The first kappa shape index (κ1) is 12.8. The monoisotopic (exact) mass is 242 g/mol. The lowest BCUT2D eigenvalue weighted by molar-refractivity contribution is -0.140. The number of ether oxygens (including phenoxy) is 1. The molecule has 0 spiro atoms. The summed E-state index contributed by atoms with van der Waals surface area (Å²) in [5.41, 5.74) is 0. The molecule has 5 heteroatoms. The third kappa shape index (κ3) is 3.66. The van der Waals surface area contributed by atoms with Crippen molar-refractivity contribution in [1.29, 1.82) is 0 Å². The summed E-state index contributed by atoms with van der Waals surface area (Å²) >= 11 is 0. The Morgan fingerprint density at radius 2 is 2.41 bits per heavy atom. The van der Waals surface area contributed by atoms with Crippen molar-refractivity contribution in [2.45, 2.75) is 25.4 Å². The van der Waals surface area contributed by atoms with E-state index in [1.807, 2.05) is 4.90 Å². The van der Waals surface area contributed by atoms with Crippen LogP contribution < -0.4 is 5.32 Å². The zero-order chi connectivity index (χ0) is 12.1. The molecule has 0 aromatic heterocycles. The van der Waals surface area contributed by atoms with Gasteiger partial charge < -0.3 is 20.1 Å². The van der Waals surface area contributed by atoms with Crippen molar-refractivity contribution in [3.05, 3.63) is 0 Å². The third-order valence-corrected chi connectivity index (χ3v) is 3.62. The van der Waals surface area contributed by atoms with E-state index in [2.05, 4.69) is 5.32 Å². The van der Waals surface area contributed by atoms with Gasteiger partial charge in [-0.2, -0.15) is 0 Å². The number of hydrogen-bond acceptors (Lipinski definition) is 4. The van der Waals surface area contributed by atoms with Crippen LogP contribution in [0.2, 0.25) is 0 Å². The van der Waals surface area contributed by atoms with Crippen LogP contribution in [0.25, 0.3) is 0 Å². The van der Waals surface area contributed by atoms with Gasteiger partial charge in [0, 0.05) is 19.5 Å². The summed E-state index contributed by atoms with van der Waals surface area (Å²) in [5.74, 6) is 0.868. The molecule has 2 heterocycles. The molecule has 2 rings (SSSR count). The Bertz CT molecular complexity index is 254. The van der Waals surface area contributed by atoms with Gasteiger partial charge in [0.25, 0.3) is 0 Å². The molecule has 0 saturated carbocycles. The summed E-state index contributed by atoms with van der Waals surface area (Å²) in [6.45, 7) is 3.88. The van der Waals surface area contributed by atoms with Gasteiger partial charge in [-0.15, -0.1) is 0 Å². The van der Waals surface area contributed by atoms with E-state index in [-0.39, 0.29) is 18.6 Å². The normalized spacial score (nSPS) is 29.6. The molecular formula is C12H22N2O3. The van der Waals surface area contributed by atoms with E-state index in [4.69, 9.17) is 9.84 Å². The van der Waals surface area contributed by atoms with Crippen molar-refractivity contribution in [2.24, 2.45) is 5.92 Å². The SMILES string of the molecule is O=C(CCC1CCNC1)N1CCOC(CO)C1. The first-order chi connectivity index (χ1) is 8.29. The third-order valence-electron chi connectivity index (χ3n) is 3.62. The quantitative estimate of drug-likeness (QED) is 0.704. The molecule has 0 aromatic carbocycles. The van der Waals surface area contributed by atoms with Gasteiger partial charge in [0.1, 0.15) is 0 Å². The van der Waals surface area contributed by atoms with Crippen molar-refractivity contribution in [3.63, 3.8) is 0 Å². The van der Waals surface area contributed by atoms with Crippen LogP contribution in [-0.4, -0.2) is 61.4 Å². The fourth-order valence-corrected chi connectivity index (χ4v) is 2.50. The molecule has 2 saturated heterocycles. The molecular weight excluding hydrogens is 220 g/mol. The van der Waals surface area contributed by atoms with Crippen LogP contribution >= 0.6 is 0 Å². The fourth-order valence-electron chi connectivity index (χ4n) is 2.50. The lowest BCUT2D eigenvalue weighted by atomic mass is 10.0. The number of morpholine rings is 1. The highest BCUT2D eigenvalue weighted by atomic mass is 16.5. The zero-order valence-electron chi connectivity index (χ0n) is 10.2. The van der Waals surface area contributed by atoms with Crippen LogP contribution in [0.4, 0.5) is 0 Å². The van der Waals surface area contributed by atoms with E-state index in [0.717, 1.165) is 19.5 Å². The Kier molecular flexibility index (Phi) is 4.76. The lowest BCUT2D eigenvalue weighted by Crippen LogP contribution is -2.46. The topological polar surface area (TPSA) is 61.8 Å². The van der Waals surface area contributed by atoms with E-state index >= 15 is 0 Å². The summed E-state index contributed by atoms with van der Waals surface area (Å²) in [6, 6.07) is 0. The number of hydrogen-bond donors (Lipinski definition) is 2. The maximum atomic E-state index is 12.0. The summed E-state index contributed by atoms with van der Waals surface area (Å²) in [4.78, 5) is 13.8. The molecule has 17 heavy (non-hydrogen) atoms. The second-order valence-corrected chi connectivity index (χ2v) is 4.91. The van der Waals surface area contributed by atoms with Gasteiger partial charge in [0.2, 0.25) is 5.91 Å². The Morgan fingerprint density at radius 3 is 3.12 bits per heavy atom. The van der Waals surface area contributed by atoms with Crippen molar-refractivity contribution in [2.75, 3.05) is 39.4 Å². The van der Waals surface area contributed by atoms with Crippen LogP contribution in [0.1, 0.15) is 19.3 Å². The van der Waals surface area contributed by atoms with Crippen LogP contribution in [0.5, 0.6) is 0 Å². The van der Waals surface area contributed by atoms with Crippen molar-refractivity contribution in [3.8, 4) is 0 Å². The molecule has 0 aliphatic carbocycles. The van der Waals surface area contributed by atoms with Crippen LogP contribution in [0.3, 0.4) is 0 Å². The van der Waals surface area contributed by atoms with Crippen molar-refractivity contribution >= 4 is 5.91 Å². The van der Waals surface area contributed by atoms with Gasteiger partial charge in [-0.25, -0.2) is 0 Å². The summed E-state index contributed by atoms with van der Waals surface area (Å²) < 4.78 is 5.33. The molecule has 2 atom stereocenters. The Hall–Kier alpha value is -0.650. The van der Waals surface area contributed by atoms with Gasteiger partial charge in [0.15, 0.2) is 0 Å². The zero-order valence-corrected chi connectivity index (χ0v) is 10.2. The first-order valence-corrected chi connectivity index (χ1v) is 6.50. The Morgan fingerprint density at radius 1 is 1.53 bits per heavy atom. The molecule has 0 aromatic rings. The standard InChI is InChI=1S/C12H22N2O3/c15-9-11-8-14(5-6-17-11)12(16)2-1-10-3-4-13-7-10/h10-11,13,15H,1-9H2. The Balaban J connectivity index is 1.71. The van der Waals surface area contributed by atoms with E-state index in [0.29, 0.717) is 32.0 Å². The number of rotatable bonds is 4. The van der Waals surface area contributed by atoms with Crippen LogP contribution in [0.15, 0.2) is 0 Å². The molecule has 0 bridgehead atoms. The molecule has 0 radical (unpaired) electrons. The second-order valence-electron chi connectivity index (χ2n) is 4.91. The van der Waals surface area contributed by atoms with E-state index in [1.165, 1.54) is 6.42 Å². The van der Waals surface area contributed by atoms with Crippen LogP contribution in [0, 0.1) is 5.92 Å². The summed E-state index contributed by atoms with van der Waals surface area (Å²) in [7, 11) is 0. The second kappa shape index (κ2) is 6.33. The highest BCUT2D eigenvalue weighted by molar-refractivity contribution is 5.76. The molecule has 1 amide bonds. The smallest absolute Gasteiger partial charge is 0.222 e. The molecule has 5 nitrogen and oxygen atoms in total. The van der Waals surface area contributed by atoms with Gasteiger partial charge in [-0.05, 0) is 31.8 Å². The minimum atomic E-state index is -0.194. The minimum Gasteiger partial charge on any atom is -0.394 e. The van der Waals surface area contributed by atoms with Crippen molar-refractivity contribution in [1.82, 2.24) is 10.2 Å². The average molecular weight is 242 g/mol. The molecule has 2 unspecified atom stereocenters. The number of carbonyl (C=O) groups is 1. The largest absolute Gasteiger partial charge is 0.394 e. The minimum absolute atomic E-state index is 0.00365. The van der Waals surface area contributed by atoms with Gasteiger partial charge >= 0.3 is 0 Å². The molecule has 2 aliphatic heterocycles. The summed E-state index contributed by atoms with van der Waals surface area (Å²) in [5, 5.41) is 12.3. The fraction of sp³-hybridized carbons (Fsp3) is 0.917. The van der Waals surface area contributed by atoms with E-state index in [9.17, 15) is 4.79 Å². The van der Waals surface area contributed by atoms with Gasteiger partial charge in [0.05, 0.1) is 19.3 Å². The number of nitrogens with one attached hydrogen (secondary N) is 1. The number of amides is 1. The highest BCUT2D eigenvalue weighted by Crippen LogP contribution is 2.16. The highest BCUT2D eigenvalue weighted by Gasteiger charge is 2.24. The number of aliphatic hydroxyl groups is 1. The summed E-state index contributed by atoms with van der Waals surface area (Å²) in [6.07, 6.45) is 2.61. The number of aliphatic hydroxyl groups excluding tert-OH is 1.